The number of carbonyl (C=O) groups is 2. The Kier molecular flexibility index (Phi) is 3.37. The van der Waals surface area contributed by atoms with E-state index in [1.807, 2.05) is 0 Å². The number of aromatic amines is 1. The van der Waals surface area contributed by atoms with E-state index in [0.717, 1.165) is 0 Å². The van der Waals surface area contributed by atoms with Crippen LogP contribution in [0.1, 0.15) is 35.5 Å². The van der Waals surface area contributed by atoms with Gasteiger partial charge < -0.3 is 10.2 Å². The van der Waals surface area contributed by atoms with Crippen molar-refractivity contribution in [2.24, 2.45) is 0 Å². The second-order valence-electron chi connectivity index (χ2n) is 5.41. The van der Waals surface area contributed by atoms with Crippen LogP contribution in [-0.2, 0) is 4.79 Å². The number of H-pyrrole nitrogens is 1. The average Bonchev–Trinajstić information content (AvgIpc) is 2.37. The first-order valence-electron chi connectivity index (χ1n) is 6.43. The van der Waals surface area contributed by atoms with Gasteiger partial charge in [0.05, 0.1) is 5.69 Å². The number of hydrogen-bond donors (Lipinski definition) is 2. The number of amides is 2. The molecule has 0 unspecified atom stereocenters. The first-order valence-corrected chi connectivity index (χ1v) is 6.43. The quantitative estimate of drug-likeness (QED) is 0.739. The van der Waals surface area contributed by atoms with Crippen LogP contribution in [0.2, 0.25) is 0 Å². The Balaban J connectivity index is 2.49. The highest BCUT2D eigenvalue weighted by molar-refractivity contribution is 6.00. The van der Waals surface area contributed by atoms with Crippen molar-refractivity contribution in [3.8, 4) is 0 Å². The van der Waals surface area contributed by atoms with Crippen LogP contribution in [-0.4, -0.2) is 45.5 Å². The number of rotatable bonds is 1. The fourth-order valence-corrected chi connectivity index (χ4v) is 2.27. The lowest BCUT2D eigenvalue weighted by atomic mass is 9.97. The fraction of sp³-hybridized carbons (Fsp3) is 0.538. The molecule has 2 N–H and O–H groups in total. The molecule has 1 aliphatic rings. The van der Waals surface area contributed by atoms with Crippen molar-refractivity contribution in [2.75, 3.05) is 13.1 Å². The molecule has 0 aromatic carbocycles. The zero-order chi connectivity index (χ0) is 15.1. The molecule has 0 bridgehead atoms. The summed E-state index contributed by atoms with van der Waals surface area (Å²) >= 11 is 0. The van der Waals surface area contributed by atoms with Crippen LogP contribution in [0.25, 0.3) is 0 Å². The maximum Gasteiger partial charge on any atom is 0.277 e. The van der Waals surface area contributed by atoms with Crippen LogP contribution in [0.5, 0.6) is 0 Å². The monoisotopic (exact) mass is 278 g/mol. The summed E-state index contributed by atoms with van der Waals surface area (Å²) in [4.78, 5) is 37.9. The van der Waals surface area contributed by atoms with Gasteiger partial charge in [0, 0.05) is 13.1 Å². The summed E-state index contributed by atoms with van der Waals surface area (Å²) in [5.74, 6) is -0.661. The smallest absolute Gasteiger partial charge is 0.277 e. The molecule has 0 aliphatic carbocycles. The molecule has 7 nitrogen and oxygen atoms in total. The lowest BCUT2D eigenvalue weighted by Gasteiger charge is -2.41. The molecule has 1 aromatic heterocycles. The SMILES string of the molecule is Cc1n[nH]c(=O)c(C(=O)N2CCNC(=O)C2(C)C)c1C. The molecule has 0 spiro atoms. The topological polar surface area (TPSA) is 95.2 Å². The summed E-state index contributed by atoms with van der Waals surface area (Å²) in [6.07, 6.45) is 0. The zero-order valence-electron chi connectivity index (χ0n) is 12.0. The van der Waals surface area contributed by atoms with Gasteiger partial charge in [-0.2, -0.15) is 5.10 Å². The molecule has 0 atom stereocenters. The predicted molar refractivity (Wildman–Crippen MR) is 72.5 cm³/mol. The minimum Gasteiger partial charge on any atom is -0.352 e. The second kappa shape index (κ2) is 4.73. The highest BCUT2D eigenvalue weighted by Crippen LogP contribution is 2.21. The molecule has 2 amide bonds. The van der Waals surface area contributed by atoms with E-state index in [2.05, 4.69) is 15.5 Å². The van der Waals surface area contributed by atoms with Gasteiger partial charge in [0.1, 0.15) is 11.1 Å². The summed E-state index contributed by atoms with van der Waals surface area (Å²) in [6, 6.07) is 0. The minimum absolute atomic E-state index is 0.0558. The lowest BCUT2D eigenvalue weighted by molar-refractivity contribution is -0.133. The standard InChI is InChI=1S/C13H18N4O3/c1-7-8(2)15-16-10(18)9(7)11(19)17-6-5-14-12(20)13(17,3)4/h5-6H2,1-4H3,(H,14,20)(H,16,18). The van der Waals surface area contributed by atoms with Gasteiger partial charge in [-0.3, -0.25) is 14.4 Å². The molecular formula is C13H18N4O3. The maximum atomic E-state index is 12.7. The number of nitrogens with zero attached hydrogens (tertiary/aromatic N) is 2. The third-order valence-corrected chi connectivity index (χ3v) is 3.78. The van der Waals surface area contributed by atoms with Gasteiger partial charge in [0.15, 0.2) is 0 Å². The molecular weight excluding hydrogens is 260 g/mol. The lowest BCUT2D eigenvalue weighted by Crippen LogP contribution is -2.63. The van der Waals surface area contributed by atoms with Crippen LogP contribution >= 0.6 is 0 Å². The van der Waals surface area contributed by atoms with E-state index < -0.39 is 17.0 Å². The van der Waals surface area contributed by atoms with E-state index in [-0.39, 0.29) is 11.5 Å². The number of aromatic nitrogens is 2. The molecule has 0 radical (unpaired) electrons. The van der Waals surface area contributed by atoms with Gasteiger partial charge in [-0.25, -0.2) is 5.10 Å². The van der Waals surface area contributed by atoms with Crippen molar-refractivity contribution >= 4 is 11.8 Å². The Hall–Kier alpha value is -2.18. The normalized spacial score (nSPS) is 17.8. The molecule has 7 heteroatoms. The Labute approximate surface area is 116 Å². The van der Waals surface area contributed by atoms with E-state index >= 15 is 0 Å². The maximum absolute atomic E-state index is 12.7. The summed E-state index contributed by atoms with van der Waals surface area (Å²) in [5, 5.41) is 8.86. The van der Waals surface area contributed by atoms with Crippen LogP contribution < -0.4 is 10.9 Å². The third kappa shape index (κ3) is 2.09. The molecule has 1 aromatic rings. The highest BCUT2D eigenvalue weighted by Gasteiger charge is 2.41. The molecule has 2 rings (SSSR count). The summed E-state index contributed by atoms with van der Waals surface area (Å²) in [6.45, 7) is 7.48. The zero-order valence-corrected chi connectivity index (χ0v) is 12.0. The summed E-state index contributed by atoms with van der Waals surface area (Å²) in [7, 11) is 0. The molecule has 1 saturated heterocycles. The van der Waals surface area contributed by atoms with Crippen LogP contribution in [0.3, 0.4) is 0 Å². The Morgan fingerprint density at radius 3 is 2.60 bits per heavy atom. The van der Waals surface area contributed by atoms with E-state index in [9.17, 15) is 14.4 Å². The highest BCUT2D eigenvalue weighted by atomic mass is 16.2. The summed E-state index contributed by atoms with van der Waals surface area (Å²) in [5.41, 5.74) is -0.321. The number of nitrogens with one attached hydrogen (secondary N) is 2. The average molecular weight is 278 g/mol. The van der Waals surface area contributed by atoms with Crippen molar-refractivity contribution in [3.63, 3.8) is 0 Å². The van der Waals surface area contributed by atoms with Gasteiger partial charge in [-0.05, 0) is 33.3 Å². The molecule has 108 valence electrons. The van der Waals surface area contributed by atoms with Gasteiger partial charge in [0.2, 0.25) is 5.91 Å². The van der Waals surface area contributed by atoms with Crippen molar-refractivity contribution in [1.29, 1.82) is 0 Å². The largest absolute Gasteiger partial charge is 0.352 e. The summed E-state index contributed by atoms with van der Waals surface area (Å²) < 4.78 is 0. The van der Waals surface area contributed by atoms with Crippen molar-refractivity contribution in [1.82, 2.24) is 20.4 Å². The molecule has 20 heavy (non-hydrogen) atoms. The minimum atomic E-state index is -0.981. The number of aryl methyl sites for hydroxylation is 1. The predicted octanol–water partition coefficient (Wildman–Crippen LogP) is -0.263. The second-order valence-corrected chi connectivity index (χ2v) is 5.41. The Morgan fingerprint density at radius 1 is 1.30 bits per heavy atom. The fourth-order valence-electron chi connectivity index (χ4n) is 2.27. The molecule has 1 aliphatic heterocycles. The first kappa shape index (κ1) is 14.2. The first-order chi connectivity index (χ1) is 9.26. The van der Waals surface area contributed by atoms with Crippen LogP contribution in [0.4, 0.5) is 0 Å². The van der Waals surface area contributed by atoms with Gasteiger partial charge in [-0.1, -0.05) is 0 Å². The number of hydrogen-bond acceptors (Lipinski definition) is 4. The number of piperazine rings is 1. The van der Waals surface area contributed by atoms with E-state index in [4.69, 9.17) is 0 Å². The van der Waals surface area contributed by atoms with Gasteiger partial charge >= 0.3 is 0 Å². The number of carbonyl (C=O) groups excluding carboxylic acids is 2. The van der Waals surface area contributed by atoms with E-state index in [0.29, 0.717) is 24.3 Å². The Bertz CT molecular complexity index is 633. The van der Waals surface area contributed by atoms with E-state index in [1.54, 1.807) is 27.7 Å². The van der Waals surface area contributed by atoms with Crippen molar-refractivity contribution in [3.05, 3.63) is 27.2 Å². The van der Waals surface area contributed by atoms with Gasteiger partial charge in [-0.15, -0.1) is 0 Å². The molecule has 0 saturated carbocycles. The van der Waals surface area contributed by atoms with Crippen molar-refractivity contribution < 1.29 is 9.59 Å². The van der Waals surface area contributed by atoms with Crippen LogP contribution in [0, 0.1) is 13.8 Å². The van der Waals surface area contributed by atoms with E-state index in [1.165, 1.54) is 4.90 Å². The molecule has 1 fully saturated rings. The van der Waals surface area contributed by atoms with Crippen LogP contribution in [0.15, 0.2) is 4.79 Å². The third-order valence-electron chi connectivity index (χ3n) is 3.78. The molecule has 2 heterocycles. The van der Waals surface area contributed by atoms with Gasteiger partial charge in [0.25, 0.3) is 11.5 Å². The van der Waals surface area contributed by atoms with Crippen molar-refractivity contribution in [2.45, 2.75) is 33.2 Å². The Morgan fingerprint density at radius 2 is 1.95 bits per heavy atom.